The number of nitrogens with one attached hydrogen (secondary N) is 2. The molecule has 0 radical (unpaired) electrons. The molecule has 2 aromatic rings. The summed E-state index contributed by atoms with van der Waals surface area (Å²) in [6.07, 6.45) is 2.38. The summed E-state index contributed by atoms with van der Waals surface area (Å²) >= 11 is 1.67. The zero-order valence-electron chi connectivity index (χ0n) is 11.0. The van der Waals surface area contributed by atoms with Crippen molar-refractivity contribution >= 4 is 41.0 Å². The van der Waals surface area contributed by atoms with E-state index >= 15 is 0 Å². The molecule has 0 bridgehead atoms. The molecule has 1 aliphatic heterocycles. The molecule has 0 aliphatic carbocycles. The highest BCUT2D eigenvalue weighted by Crippen LogP contribution is 2.25. The average Bonchev–Trinajstić information content (AvgIpc) is 3.07. The fourth-order valence-corrected chi connectivity index (χ4v) is 3.00. The first-order chi connectivity index (χ1) is 9.31. The molecule has 2 heterocycles. The number of anilines is 2. The van der Waals surface area contributed by atoms with Crippen LogP contribution in [0.3, 0.4) is 0 Å². The number of halogens is 1. The Kier molecular flexibility index (Phi) is 5.04. The second kappa shape index (κ2) is 6.77. The Balaban J connectivity index is 0.00000147. The van der Waals surface area contributed by atoms with E-state index in [2.05, 4.69) is 28.1 Å². The van der Waals surface area contributed by atoms with Gasteiger partial charge in [-0.1, -0.05) is 0 Å². The Hall–Kier alpha value is -1.52. The lowest BCUT2D eigenvalue weighted by Crippen LogP contribution is -2.12. The van der Waals surface area contributed by atoms with Crippen molar-refractivity contribution in [2.75, 3.05) is 17.2 Å². The van der Waals surface area contributed by atoms with E-state index in [0.29, 0.717) is 6.42 Å². The Morgan fingerprint density at radius 3 is 3.05 bits per heavy atom. The molecule has 0 fully saturated rings. The number of hydrogen-bond donors (Lipinski definition) is 2. The zero-order chi connectivity index (χ0) is 13.1. The molecule has 3 nitrogen and oxygen atoms in total. The van der Waals surface area contributed by atoms with Crippen molar-refractivity contribution in [1.82, 2.24) is 0 Å². The van der Waals surface area contributed by atoms with Crippen molar-refractivity contribution < 1.29 is 4.79 Å². The van der Waals surface area contributed by atoms with E-state index in [0.717, 1.165) is 25.1 Å². The standard InChI is InChI=1S/C15H16N2OS.ClH/c18-15(4-1-11-6-8-19-10-11)17-13-2-3-14-12(9-13)5-7-16-14;/h2-3,6,8-10,16H,1,4-5,7H2,(H,17,18);1H. The number of hydrogen-bond acceptors (Lipinski definition) is 3. The molecule has 1 amide bonds. The minimum atomic E-state index is 0. The van der Waals surface area contributed by atoms with E-state index in [1.165, 1.54) is 16.8 Å². The molecule has 0 unspecified atom stereocenters. The molecule has 0 spiro atoms. The summed E-state index contributed by atoms with van der Waals surface area (Å²) in [5, 5.41) is 10.4. The number of benzene rings is 1. The van der Waals surface area contributed by atoms with Crippen LogP contribution in [0.2, 0.25) is 0 Å². The fraction of sp³-hybridized carbons (Fsp3) is 0.267. The predicted octanol–water partition coefficient (Wildman–Crippen LogP) is 3.71. The van der Waals surface area contributed by atoms with Crippen LogP contribution in [-0.2, 0) is 17.6 Å². The van der Waals surface area contributed by atoms with Gasteiger partial charge >= 0.3 is 0 Å². The van der Waals surface area contributed by atoms with Gasteiger partial charge in [-0.05, 0) is 59.0 Å². The number of aryl methyl sites for hydroxylation is 1. The number of amides is 1. The quantitative estimate of drug-likeness (QED) is 0.904. The van der Waals surface area contributed by atoms with Gasteiger partial charge < -0.3 is 10.6 Å². The largest absolute Gasteiger partial charge is 0.384 e. The van der Waals surface area contributed by atoms with E-state index < -0.39 is 0 Å². The summed E-state index contributed by atoms with van der Waals surface area (Å²) in [5.74, 6) is 0.0807. The van der Waals surface area contributed by atoms with Gasteiger partial charge in [0.15, 0.2) is 0 Å². The van der Waals surface area contributed by atoms with Gasteiger partial charge in [-0.3, -0.25) is 4.79 Å². The van der Waals surface area contributed by atoms with E-state index in [1.807, 2.05) is 17.5 Å². The Morgan fingerprint density at radius 1 is 1.35 bits per heavy atom. The molecular formula is C15H17ClN2OS. The second-order valence-electron chi connectivity index (χ2n) is 4.73. The lowest BCUT2D eigenvalue weighted by atomic mass is 10.1. The first-order valence-corrected chi connectivity index (χ1v) is 7.43. The molecule has 106 valence electrons. The van der Waals surface area contributed by atoms with E-state index in [-0.39, 0.29) is 18.3 Å². The van der Waals surface area contributed by atoms with Crippen LogP contribution in [0.15, 0.2) is 35.0 Å². The lowest BCUT2D eigenvalue weighted by Gasteiger charge is -2.07. The van der Waals surface area contributed by atoms with Crippen LogP contribution in [0.4, 0.5) is 11.4 Å². The SMILES string of the molecule is Cl.O=C(CCc1ccsc1)Nc1ccc2c(c1)CCN2. The van der Waals surface area contributed by atoms with Gasteiger partial charge in [0.05, 0.1) is 0 Å². The number of thiophene rings is 1. The summed E-state index contributed by atoms with van der Waals surface area (Å²) in [4.78, 5) is 11.9. The highest BCUT2D eigenvalue weighted by Gasteiger charge is 2.11. The molecule has 0 saturated carbocycles. The predicted molar refractivity (Wildman–Crippen MR) is 87.2 cm³/mol. The minimum absolute atomic E-state index is 0. The van der Waals surface area contributed by atoms with Gasteiger partial charge in [-0.25, -0.2) is 0 Å². The average molecular weight is 309 g/mol. The highest BCUT2D eigenvalue weighted by molar-refractivity contribution is 7.07. The van der Waals surface area contributed by atoms with Crippen molar-refractivity contribution in [1.29, 1.82) is 0 Å². The maximum atomic E-state index is 11.9. The Labute approximate surface area is 128 Å². The molecule has 5 heteroatoms. The van der Waals surface area contributed by atoms with E-state index in [9.17, 15) is 4.79 Å². The van der Waals surface area contributed by atoms with Crippen molar-refractivity contribution in [3.8, 4) is 0 Å². The molecule has 1 aromatic carbocycles. The summed E-state index contributed by atoms with van der Waals surface area (Å²) in [6, 6.07) is 8.13. The maximum Gasteiger partial charge on any atom is 0.224 e. The normalized spacial score (nSPS) is 12.2. The van der Waals surface area contributed by atoms with Crippen molar-refractivity contribution in [2.24, 2.45) is 0 Å². The molecule has 2 N–H and O–H groups in total. The lowest BCUT2D eigenvalue weighted by molar-refractivity contribution is -0.116. The molecule has 3 rings (SSSR count). The van der Waals surface area contributed by atoms with Gasteiger partial charge in [0, 0.05) is 24.3 Å². The highest BCUT2D eigenvalue weighted by atomic mass is 35.5. The number of fused-ring (bicyclic) bond motifs is 1. The first-order valence-electron chi connectivity index (χ1n) is 6.49. The molecule has 0 atom stereocenters. The first kappa shape index (κ1) is 14.9. The van der Waals surface area contributed by atoms with Crippen LogP contribution in [0, 0.1) is 0 Å². The van der Waals surface area contributed by atoms with Crippen molar-refractivity contribution in [3.63, 3.8) is 0 Å². The molecular weight excluding hydrogens is 292 g/mol. The van der Waals surface area contributed by atoms with E-state index in [1.54, 1.807) is 11.3 Å². The van der Waals surface area contributed by atoms with Crippen LogP contribution < -0.4 is 10.6 Å². The third-order valence-electron chi connectivity index (χ3n) is 3.32. The third-order valence-corrected chi connectivity index (χ3v) is 4.05. The van der Waals surface area contributed by atoms with Crippen LogP contribution in [0.1, 0.15) is 17.5 Å². The van der Waals surface area contributed by atoms with Crippen molar-refractivity contribution in [3.05, 3.63) is 46.2 Å². The van der Waals surface area contributed by atoms with Crippen LogP contribution >= 0.6 is 23.7 Å². The van der Waals surface area contributed by atoms with Crippen LogP contribution in [-0.4, -0.2) is 12.5 Å². The van der Waals surface area contributed by atoms with E-state index in [4.69, 9.17) is 0 Å². The molecule has 1 aliphatic rings. The molecule has 0 saturated heterocycles. The van der Waals surface area contributed by atoms with Gasteiger partial charge in [-0.15, -0.1) is 12.4 Å². The Morgan fingerprint density at radius 2 is 2.25 bits per heavy atom. The minimum Gasteiger partial charge on any atom is -0.384 e. The monoisotopic (exact) mass is 308 g/mol. The Bertz CT molecular complexity index is 584. The second-order valence-corrected chi connectivity index (χ2v) is 5.51. The fourth-order valence-electron chi connectivity index (χ4n) is 2.30. The zero-order valence-corrected chi connectivity index (χ0v) is 12.7. The van der Waals surface area contributed by atoms with Gasteiger partial charge in [0.1, 0.15) is 0 Å². The van der Waals surface area contributed by atoms with Crippen LogP contribution in [0.25, 0.3) is 0 Å². The van der Waals surface area contributed by atoms with Crippen molar-refractivity contribution in [2.45, 2.75) is 19.3 Å². The molecule has 20 heavy (non-hydrogen) atoms. The van der Waals surface area contributed by atoms with Crippen LogP contribution in [0.5, 0.6) is 0 Å². The van der Waals surface area contributed by atoms with Gasteiger partial charge in [0.2, 0.25) is 5.91 Å². The molecule has 1 aromatic heterocycles. The number of carbonyl (C=O) groups excluding carboxylic acids is 1. The number of carbonyl (C=O) groups is 1. The summed E-state index contributed by atoms with van der Waals surface area (Å²) in [6.45, 7) is 0.991. The maximum absolute atomic E-state index is 11.9. The number of rotatable bonds is 4. The summed E-state index contributed by atoms with van der Waals surface area (Å²) in [7, 11) is 0. The van der Waals surface area contributed by atoms with Gasteiger partial charge in [-0.2, -0.15) is 11.3 Å². The van der Waals surface area contributed by atoms with Gasteiger partial charge in [0.25, 0.3) is 0 Å². The topological polar surface area (TPSA) is 41.1 Å². The third kappa shape index (κ3) is 3.52. The summed E-state index contributed by atoms with van der Waals surface area (Å²) in [5.41, 5.74) is 4.61. The summed E-state index contributed by atoms with van der Waals surface area (Å²) < 4.78 is 0. The smallest absolute Gasteiger partial charge is 0.224 e.